The number of aromatic nitrogens is 4. The molecular weight excluding hydrogens is 246 g/mol. The number of rotatable bonds is 2. The molecule has 1 aromatic carbocycles. The molecule has 0 fully saturated rings. The lowest BCUT2D eigenvalue weighted by Crippen LogP contribution is -2.37. The zero-order chi connectivity index (χ0) is 13.5. The molecule has 96 valence electrons. The van der Waals surface area contributed by atoms with Crippen LogP contribution in [0.5, 0.6) is 0 Å². The van der Waals surface area contributed by atoms with Crippen LogP contribution in [0.1, 0.15) is 12.5 Å². The molecule has 0 aliphatic carbocycles. The molecule has 0 bridgehead atoms. The fourth-order valence-electron chi connectivity index (χ4n) is 1.98. The minimum Gasteiger partial charge on any atom is -0.370 e. The summed E-state index contributed by atoms with van der Waals surface area (Å²) in [6, 6.07) is 7.27. The van der Waals surface area contributed by atoms with Gasteiger partial charge in [0.25, 0.3) is 5.91 Å². The minimum atomic E-state index is -1.02. The van der Waals surface area contributed by atoms with Gasteiger partial charge in [-0.15, -0.1) is 5.10 Å². The second-order valence-corrected chi connectivity index (χ2v) is 4.33. The maximum Gasteiger partial charge on any atom is 0.259 e. The predicted octanol–water partition coefficient (Wildman–Crippen LogP) is -0.678. The van der Waals surface area contributed by atoms with Crippen LogP contribution in [0.2, 0.25) is 0 Å². The van der Waals surface area contributed by atoms with E-state index in [1.165, 1.54) is 11.0 Å². The first-order chi connectivity index (χ1) is 9.09. The summed E-state index contributed by atoms with van der Waals surface area (Å²) in [5.74, 6) is -0.126. The van der Waals surface area contributed by atoms with Crippen molar-refractivity contribution in [2.24, 2.45) is 10.7 Å². The van der Waals surface area contributed by atoms with Crippen LogP contribution in [0, 0.1) is 0 Å². The van der Waals surface area contributed by atoms with E-state index in [-0.39, 0.29) is 11.9 Å². The van der Waals surface area contributed by atoms with Gasteiger partial charge in [-0.05, 0) is 35.0 Å². The third-order valence-electron chi connectivity index (χ3n) is 3.05. The van der Waals surface area contributed by atoms with E-state index in [0.29, 0.717) is 0 Å². The minimum absolute atomic E-state index is 0.125. The largest absolute Gasteiger partial charge is 0.370 e. The van der Waals surface area contributed by atoms with E-state index >= 15 is 0 Å². The Morgan fingerprint density at radius 2 is 2.26 bits per heavy atom. The SMILES string of the molecule is CC1(c2cccc(-n3cnnn3)c2)N=C(N)NC1=O. The van der Waals surface area contributed by atoms with Crippen molar-refractivity contribution in [1.82, 2.24) is 25.5 Å². The third kappa shape index (κ3) is 1.73. The van der Waals surface area contributed by atoms with Crippen molar-refractivity contribution < 1.29 is 4.79 Å². The van der Waals surface area contributed by atoms with Crippen molar-refractivity contribution >= 4 is 11.9 Å². The average Bonchev–Trinajstić information content (AvgIpc) is 2.99. The number of hydrogen-bond acceptors (Lipinski definition) is 6. The molecule has 2 aromatic rings. The summed E-state index contributed by atoms with van der Waals surface area (Å²) in [5.41, 5.74) is 6.00. The van der Waals surface area contributed by atoms with Gasteiger partial charge >= 0.3 is 0 Å². The standard InChI is InChI=1S/C11H11N7O/c1-11(9(19)14-10(12)15-11)7-3-2-4-8(5-7)18-6-13-16-17-18/h2-6H,1H3,(H3,12,14,15,19). The molecule has 0 radical (unpaired) electrons. The van der Waals surface area contributed by atoms with E-state index in [0.717, 1.165) is 11.3 Å². The highest BCUT2D eigenvalue weighted by atomic mass is 16.2. The summed E-state index contributed by atoms with van der Waals surface area (Å²) in [6.45, 7) is 1.71. The molecule has 1 unspecified atom stereocenters. The van der Waals surface area contributed by atoms with Crippen LogP contribution in [0.25, 0.3) is 5.69 Å². The summed E-state index contributed by atoms with van der Waals surface area (Å²) in [4.78, 5) is 16.1. The summed E-state index contributed by atoms with van der Waals surface area (Å²) >= 11 is 0. The lowest BCUT2D eigenvalue weighted by atomic mass is 9.92. The second-order valence-electron chi connectivity index (χ2n) is 4.33. The number of carbonyl (C=O) groups excluding carboxylic acids is 1. The van der Waals surface area contributed by atoms with Crippen LogP contribution >= 0.6 is 0 Å². The first-order valence-electron chi connectivity index (χ1n) is 5.60. The van der Waals surface area contributed by atoms with Gasteiger partial charge in [0.2, 0.25) is 0 Å². The second kappa shape index (κ2) is 3.87. The normalized spacial score (nSPS) is 22.2. The summed E-state index contributed by atoms with van der Waals surface area (Å²) in [5, 5.41) is 13.5. The highest BCUT2D eigenvalue weighted by molar-refractivity contribution is 6.06. The molecule has 8 heteroatoms. The van der Waals surface area contributed by atoms with Crippen LogP contribution in [0.15, 0.2) is 35.6 Å². The number of amides is 1. The smallest absolute Gasteiger partial charge is 0.259 e. The highest BCUT2D eigenvalue weighted by Crippen LogP contribution is 2.29. The molecular formula is C11H11N7O. The molecule has 8 nitrogen and oxygen atoms in total. The number of hydrogen-bond donors (Lipinski definition) is 2. The van der Waals surface area contributed by atoms with Gasteiger partial charge in [-0.2, -0.15) is 0 Å². The highest BCUT2D eigenvalue weighted by Gasteiger charge is 2.40. The third-order valence-corrected chi connectivity index (χ3v) is 3.05. The number of nitrogens with two attached hydrogens (primary N) is 1. The van der Waals surface area contributed by atoms with Crippen LogP contribution in [0.4, 0.5) is 0 Å². The zero-order valence-corrected chi connectivity index (χ0v) is 10.1. The number of aliphatic imine (C=N–C) groups is 1. The summed E-state index contributed by atoms with van der Waals surface area (Å²) in [7, 11) is 0. The van der Waals surface area contributed by atoms with Crippen molar-refractivity contribution in [2.75, 3.05) is 0 Å². The molecule has 1 amide bonds. The molecule has 0 saturated carbocycles. The number of tetrazole rings is 1. The Hall–Kier alpha value is -2.77. The Morgan fingerprint density at radius 3 is 2.89 bits per heavy atom. The Kier molecular flexibility index (Phi) is 2.31. The Balaban J connectivity index is 2.07. The number of nitrogens with zero attached hydrogens (tertiary/aromatic N) is 5. The maximum absolute atomic E-state index is 12.0. The molecule has 1 aliphatic rings. The van der Waals surface area contributed by atoms with Gasteiger partial charge in [-0.3, -0.25) is 10.1 Å². The first kappa shape index (κ1) is 11.3. The Bertz CT molecular complexity index is 663. The van der Waals surface area contributed by atoms with E-state index in [1.807, 2.05) is 18.2 Å². The Morgan fingerprint density at radius 1 is 1.42 bits per heavy atom. The zero-order valence-electron chi connectivity index (χ0n) is 10.1. The van der Waals surface area contributed by atoms with E-state index < -0.39 is 5.54 Å². The van der Waals surface area contributed by atoms with Crippen molar-refractivity contribution in [3.63, 3.8) is 0 Å². The monoisotopic (exact) mass is 257 g/mol. The van der Waals surface area contributed by atoms with E-state index in [9.17, 15) is 4.79 Å². The van der Waals surface area contributed by atoms with Crippen LogP contribution in [0.3, 0.4) is 0 Å². The quantitative estimate of drug-likeness (QED) is 0.740. The molecule has 1 aromatic heterocycles. The molecule has 0 saturated heterocycles. The number of guanidine groups is 1. The van der Waals surface area contributed by atoms with Gasteiger partial charge in [-0.1, -0.05) is 12.1 Å². The van der Waals surface area contributed by atoms with Crippen LogP contribution in [-0.4, -0.2) is 32.1 Å². The van der Waals surface area contributed by atoms with Crippen molar-refractivity contribution in [2.45, 2.75) is 12.5 Å². The van der Waals surface area contributed by atoms with E-state index in [1.54, 1.807) is 13.0 Å². The average molecular weight is 257 g/mol. The molecule has 0 spiro atoms. The topological polar surface area (TPSA) is 111 Å². The number of nitrogens with one attached hydrogen (secondary N) is 1. The summed E-state index contributed by atoms with van der Waals surface area (Å²) in [6.07, 6.45) is 1.48. The van der Waals surface area contributed by atoms with Crippen LogP contribution in [-0.2, 0) is 10.3 Å². The van der Waals surface area contributed by atoms with E-state index in [2.05, 4.69) is 25.8 Å². The van der Waals surface area contributed by atoms with Crippen LogP contribution < -0.4 is 11.1 Å². The van der Waals surface area contributed by atoms with Gasteiger partial charge < -0.3 is 5.73 Å². The van der Waals surface area contributed by atoms with E-state index in [4.69, 9.17) is 5.73 Å². The fourth-order valence-corrected chi connectivity index (χ4v) is 1.98. The van der Waals surface area contributed by atoms with Gasteiger partial charge in [-0.25, -0.2) is 9.67 Å². The lowest BCUT2D eigenvalue weighted by Gasteiger charge is -2.18. The molecule has 3 rings (SSSR count). The maximum atomic E-state index is 12.0. The number of benzene rings is 1. The van der Waals surface area contributed by atoms with Crippen molar-refractivity contribution in [1.29, 1.82) is 0 Å². The van der Waals surface area contributed by atoms with Crippen molar-refractivity contribution in [3.8, 4) is 5.69 Å². The lowest BCUT2D eigenvalue weighted by molar-refractivity contribution is -0.123. The van der Waals surface area contributed by atoms with Gasteiger partial charge in [0.05, 0.1) is 5.69 Å². The molecule has 3 N–H and O–H groups in total. The fraction of sp³-hybridized carbons (Fsp3) is 0.182. The summed E-state index contributed by atoms with van der Waals surface area (Å²) < 4.78 is 1.51. The molecule has 1 aliphatic heterocycles. The van der Waals surface area contributed by atoms with Gasteiger partial charge in [0.1, 0.15) is 6.33 Å². The molecule has 19 heavy (non-hydrogen) atoms. The van der Waals surface area contributed by atoms with Gasteiger partial charge in [0.15, 0.2) is 11.5 Å². The van der Waals surface area contributed by atoms with Gasteiger partial charge in [0, 0.05) is 0 Å². The number of carbonyl (C=O) groups is 1. The Labute approximate surface area is 108 Å². The molecule has 1 atom stereocenters. The molecule has 2 heterocycles. The first-order valence-corrected chi connectivity index (χ1v) is 5.60. The predicted molar refractivity (Wildman–Crippen MR) is 66.3 cm³/mol. The van der Waals surface area contributed by atoms with Crippen molar-refractivity contribution in [3.05, 3.63) is 36.2 Å².